The molecule has 1 aliphatic rings. The second kappa shape index (κ2) is 9.90. The van der Waals surface area contributed by atoms with Gasteiger partial charge in [0.25, 0.3) is 5.91 Å². The minimum absolute atomic E-state index is 0.0499. The van der Waals surface area contributed by atoms with Gasteiger partial charge in [-0.1, -0.05) is 31.4 Å². The van der Waals surface area contributed by atoms with Crippen molar-refractivity contribution in [1.29, 1.82) is 0 Å². The molecule has 3 aromatic rings. The number of hydrogen-bond donors (Lipinski definition) is 2. The molecule has 1 heterocycles. The van der Waals surface area contributed by atoms with Crippen molar-refractivity contribution in [3.8, 4) is 22.6 Å². The number of rotatable bonds is 6. The lowest BCUT2D eigenvalue weighted by Crippen LogP contribution is -2.36. The average molecular weight is 447 g/mol. The summed E-state index contributed by atoms with van der Waals surface area (Å²) in [6.45, 7) is 3.39. The summed E-state index contributed by atoms with van der Waals surface area (Å²) in [5.74, 6) is 1.11. The number of carbonyl (C=O) groups excluding carboxylic acids is 2. The zero-order valence-electron chi connectivity index (χ0n) is 19.4. The third kappa shape index (κ3) is 5.08. The third-order valence-electron chi connectivity index (χ3n) is 6.05. The van der Waals surface area contributed by atoms with Gasteiger partial charge in [-0.15, -0.1) is 0 Å². The second-order valence-electron chi connectivity index (χ2n) is 8.49. The number of amides is 2. The Kier molecular flexibility index (Phi) is 6.77. The fourth-order valence-electron chi connectivity index (χ4n) is 4.37. The molecule has 0 aliphatic heterocycles. The Morgan fingerprint density at radius 3 is 2.27 bits per heavy atom. The van der Waals surface area contributed by atoms with Gasteiger partial charge in [0.05, 0.1) is 18.5 Å². The Labute approximate surface area is 194 Å². The van der Waals surface area contributed by atoms with E-state index in [0.29, 0.717) is 11.4 Å². The Bertz CT molecular complexity index is 1130. The van der Waals surface area contributed by atoms with Gasteiger partial charge in [-0.3, -0.25) is 9.59 Å². The number of ether oxygens (including phenoxy) is 1. The van der Waals surface area contributed by atoms with E-state index in [2.05, 4.69) is 10.6 Å². The standard InChI is InChI=1S/C26H30N4O3/c1-17-24(19-11-15-23(33-3)16-12-19)25(27-18(2)31)30(29-17)22-13-9-20(10-14-22)26(32)28-21-7-5-4-6-8-21/h9-16,21H,4-8H2,1-3H3,(H,27,31)(H,28,32). The minimum atomic E-state index is -0.186. The molecule has 172 valence electrons. The van der Waals surface area contributed by atoms with Crippen molar-refractivity contribution < 1.29 is 14.3 Å². The highest BCUT2D eigenvalue weighted by Gasteiger charge is 2.20. The number of aryl methyl sites for hydroxylation is 1. The van der Waals surface area contributed by atoms with E-state index in [0.717, 1.165) is 41.1 Å². The van der Waals surface area contributed by atoms with Crippen LogP contribution in [0, 0.1) is 6.92 Å². The van der Waals surface area contributed by atoms with Crippen molar-refractivity contribution >= 4 is 17.6 Å². The van der Waals surface area contributed by atoms with Crippen LogP contribution in [0.4, 0.5) is 5.82 Å². The summed E-state index contributed by atoms with van der Waals surface area (Å²) in [6, 6.07) is 15.2. The van der Waals surface area contributed by atoms with Gasteiger partial charge in [-0.05, 0) is 61.7 Å². The molecule has 1 aliphatic carbocycles. The monoisotopic (exact) mass is 446 g/mol. The molecule has 7 nitrogen and oxygen atoms in total. The van der Waals surface area contributed by atoms with E-state index in [1.165, 1.54) is 26.2 Å². The number of anilines is 1. The predicted molar refractivity (Wildman–Crippen MR) is 129 cm³/mol. The van der Waals surface area contributed by atoms with E-state index in [1.54, 1.807) is 23.9 Å². The fraction of sp³-hybridized carbons (Fsp3) is 0.346. The molecule has 0 bridgehead atoms. The maximum atomic E-state index is 12.7. The molecule has 1 saturated carbocycles. The first-order chi connectivity index (χ1) is 16.0. The average Bonchev–Trinajstić information content (AvgIpc) is 3.14. The molecule has 1 aromatic heterocycles. The summed E-state index contributed by atoms with van der Waals surface area (Å²) in [6.07, 6.45) is 5.69. The van der Waals surface area contributed by atoms with Gasteiger partial charge >= 0.3 is 0 Å². The summed E-state index contributed by atoms with van der Waals surface area (Å²) in [5, 5.41) is 10.8. The number of aromatic nitrogens is 2. The summed E-state index contributed by atoms with van der Waals surface area (Å²) in [7, 11) is 1.63. The van der Waals surface area contributed by atoms with Crippen molar-refractivity contribution in [3.63, 3.8) is 0 Å². The van der Waals surface area contributed by atoms with Crippen molar-refractivity contribution in [1.82, 2.24) is 15.1 Å². The number of nitrogens with one attached hydrogen (secondary N) is 2. The van der Waals surface area contributed by atoms with E-state index in [-0.39, 0.29) is 17.9 Å². The first kappa shape index (κ1) is 22.6. The summed E-state index contributed by atoms with van der Waals surface area (Å²) in [4.78, 5) is 24.7. The summed E-state index contributed by atoms with van der Waals surface area (Å²) < 4.78 is 6.97. The first-order valence-electron chi connectivity index (χ1n) is 11.4. The van der Waals surface area contributed by atoms with Crippen LogP contribution < -0.4 is 15.4 Å². The molecule has 2 N–H and O–H groups in total. The highest BCUT2D eigenvalue weighted by molar-refractivity contribution is 5.95. The van der Waals surface area contributed by atoms with Crippen molar-refractivity contribution in [3.05, 3.63) is 59.8 Å². The Hall–Kier alpha value is -3.61. The highest BCUT2D eigenvalue weighted by atomic mass is 16.5. The normalized spacial score (nSPS) is 14.0. The van der Waals surface area contributed by atoms with Crippen LogP contribution in [0.25, 0.3) is 16.8 Å². The summed E-state index contributed by atoms with van der Waals surface area (Å²) in [5.41, 5.74) is 3.92. The Balaban J connectivity index is 1.63. The largest absolute Gasteiger partial charge is 0.497 e. The molecule has 0 unspecified atom stereocenters. The molecule has 2 amide bonds. The number of hydrogen-bond acceptors (Lipinski definition) is 4. The van der Waals surface area contributed by atoms with Crippen LogP contribution in [0.3, 0.4) is 0 Å². The molecule has 7 heteroatoms. The molecule has 0 spiro atoms. The molecule has 2 aromatic carbocycles. The van der Waals surface area contributed by atoms with E-state index < -0.39 is 0 Å². The van der Waals surface area contributed by atoms with Crippen LogP contribution in [0.15, 0.2) is 48.5 Å². The highest BCUT2D eigenvalue weighted by Crippen LogP contribution is 2.34. The fourth-order valence-corrected chi connectivity index (χ4v) is 4.37. The molecule has 33 heavy (non-hydrogen) atoms. The molecule has 0 radical (unpaired) electrons. The van der Waals surface area contributed by atoms with E-state index >= 15 is 0 Å². The van der Waals surface area contributed by atoms with Gasteiger partial charge in [-0.25, -0.2) is 4.68 Å². The third-order valence-corrected chi connectivity index (χ3v) is 6.05. The van der Waals surface area contributed by atoms with Gasteiger partial charge in [0, 0.05) is 24.1 Å². The maximum Gasteiger partial charge on any atom is 0.251 e. The zero-order valence-corrected chi connectivity index (χ0v) is 19.4. The molecule has 0 saturated heterocycles. The smallest absolute Gasteiger partial charge is 0.251 e. The molecular weight excluding hydrogens is 416 g/mol. The van der Waals surface area contributed by atoms with Crippen LogP contribution in [0.5, 0.6) is 5.75 Å². The number of nitrogens with zero attached hydrogens (tertiary/aromatic N) is 2. The number of benzene rings is 2. The van der Waals surface area contributed by atoms with Gasteiger partial charge in [0.1, 0.15) is 11.6 Å². The quantitative estimate of drug-likeness (QED) is 0.565. The molecular formula is C26H30N4O3. The lowest BCUT2D eigenvalue weighted by molar-refractivity contribution is -0.114. The number of carbonyl (C=O) groups is 2. The lowest BCUT2D eigenvalue weighted by atomic mass is 9.95. The molecule has 4 rings (SSSR count). The van der Waals surface area contributed by atoms with Gasteiger partial charge in [-0.2, -0.15) is 5.10 Å². The van der Waals surface area contributed by atoms with Gasteiger partial charge in [0.15, 0.2) is 0 Å². The Morgan fingerprint density at radius 1 is 1.00 bits per heavy atom. The predicted octanol–water partition coefficient (Wildman–Crippen LogP) is 4.88. The molecule has 1 fully saturated rings. The topological polar surface area (TPSA) is 85.2 Å². The number of methoxy groups -OCH3 is 1. The zero-order chi connectivity index (χ0) is 23.4. The van der Waals surface area contributed by atoms with E-state index in [9.17, 15) is 9.59 Å². The molecule has 0 atom stereocenters. The van der Waals surface area contributed by atoms with E-state index in [4.69, 9.17) is 9.84 Å². The SMILES string of the molecule is COc1ccc(-c2c(C)nn(-c3ccc(C(=O)NC4CCCCC4)cc3)c2NC(C)=O)cc1. The minimum Gasteiger partial charge on any atom is -0.497 e. The first-order valence-corrected chi connectivity index (χ1v) is 11.4. The maximum absolute atomic E-state index is 12.7. The van der Waals surface area contributed by atoms with Crippen LogP contribution >= 0.6 is 0 Å². The van der Waals surface area contributed by atoms with Gasteiger partial charge in [0.2, 0.25) is 5.91 Å². The summed E-state index contributed by atoms with van der Waals surface area (Å²) >= 11 is 0. The van der Waals surface area contributed by atoms with Gasteiger partial charge < -0.3 is 15.4 Å². The van der Waals surface area contributed by atoms with Crippen LogP contribution in [-0.2, 0) is 4.79 Å². The van der Waals surface area contributed by atoms with Crippen LogP contribution in [-0.4, -0.2) is 34.7 Å². The second-order valence-corrected chi connectivity index (χ2v) is 8.49. The van der Waals surface area contributed by atoms with Crippen molar-refractivity contribution in [2.24, 2.45) is 0 Å². The van der Waals surface area contributed by atoms with Crippen molar-refractivity contribution in [2.45, 2.75) is 52.0 Å². The van der Waals surface area contributed by atoms with Crippen LogP contribution in [0.2, 0.25) is 0 Å². The van der Waals surface area contributed by atoms with E-state index in [1.807, 2.05) is 43.3 Å². The lowest BCUT2D eigenvalue weighted by Gasteiger charge is -2.22. The Morgan fingerprint density at radius 2 is 1.67 bits per heavy atom. The van der Waals surface area contributed by atoms with Crippen molar-refractivity contribution in [2.75, 3.05) is 12.4 Å². The van der Waals surface area contributed by atoms with Crippen LogP contribution in [0.1, 0.15) is 55.1 Å².